The summed E-state index contributed by atoms with van der Waals surface area (Å²) in [6, 6.07) is 7.48. The van der Waals surface area contributed by atoms with Crippen LogP contribution in [0.15, 0.2) is 34.2 Å². The average Bonchev–Trinajstić information content (AvgIpc) is 2.98. The van der Waals surface area contributed by atoms with Gasteiger partial charge in [-0.25, -0.2) is 4.98 Å². The summed E-state index contributed by atoms with van der Waals surface area (Å²) in [6.07, 6.45) is 1.78. The predicted molar refractivity (Wildman–Crippen MR) is 94.0 cm³/mol. The van der Waals surface area contributed by atoms with Crippen LogP contribution in [0.4, 0.5) is 0 Å². The van der Waals surface area contributed by atoms with Crippen LogP contribution in [0.25, 0.3) is 10.9 Å². The normalized spacial score (nSPS) is 18.8. The van der Waals surface area contributed by atoms with Gasteiger partial charge in [-0.15, -0.1) is 0 Å². The summed E-state index contributed by atoms with van der Waals surface area (Å²) in [5.74, 6) is 1.63. The highest BCUT2D eigenvalue weighted by atomic mass is 32.2. The summed E-state index contributed by atoms with van der Waals surface area (Å²) in [6.45, 7) is 2.85. The number of aromatic nitrogens is 2. The Morgan fingerprint density at radius 2 is 2.22 bits per heavy atom. The van der Waals surface area contributed by atoms with Gasteiger partial charge in [-0.05, 0) is 44.5 Å². The lowest BCUT2D eigenvalue weighted by Gasteiger charge is -2.14. The lowest BCUT2D eigenvalue weighted by molar-refractivity contribution is 0.276. The van der Waals surface area contributed by atoms with E-state index >= 15 is 0 Å². The Kier molecular flexibility index (Phi) is 5.35. The molecule has 0 spiro atoms. The van der Waals surface area contributed by atoms with Gasteiger partial charge in [0.15, 0.2) is 5.16 Å². The Labute approximate surface area is 140 Å². The van der Waals surface area contributed by atoms with Gasteiger partial charge in [-0.3, -0.25) is 9.36 Å². The zero-order chi connectivity index (χ0) is 16.2. The molecule has 1 aromatic carbocycles. The van der Waals surface area contributed by atoms with Crippen molar-refractivity contribution in [2.24, 2.45) is 5.92 Å². The third-order valence-corrected chi connectivity index (χ3v) is 5.51. The molecule has 0 radical (unpaired) electrons. The third kappa shape index (κ3) is 3.76. The number of benzene rings is 1. The number of fused-ring (bicyclic) bond motifs is 1. The minimum atomic E-state index is -0.00455. The van der Waals surface area contributed by atoms with Gasteiger partial charge in [0.05, 0.1) is 10.9 Å². The lowest BCUT2D eigenvalue weighted by atomic mass is 10.2. The molecule has 1 aliphatic rings. The first-order chi connectivity index (χ1) is 11.2. The fraction of sp³-hybridized carbons (Fsp3) is 0.529. The van der Waals surface area contributed by atoms with Crippen LogP contribution in [0.3, 0.4) is 0 Å². The molecule has 6 heteroatoms. The van der Waals surface area contributed by atoms with E-state index in [1.807, 2.05) is 24.3 Å². The van der Waals surface area contributed by atoms with E-state index in [0.717, 1.165) is 29.5 Å². The molecule has 1 fully saturated rings. The van der Waals surface area contributed by atoms with Gasteiger partial charge >= 0.3 is 0 Å². The molecule has 0 aliphatic carbocycles. The summed E-state index contributed by atoms with van der Waals surface area (Å²) in [4.78, 5) is 19.8. The first-order valence-electron chi connectivity index (χ1n) is 8.11. The molecule has 0 amide bonds. The molecule has 1 N–H and O–H groups in total. The Hall–Kier alpha value is -1.37. The quantitative estimate of drug-likeness (QED) is 0.645. The number of rotatable bonds is 6. The number of thioether (sulfide) groups is 1. The summed E-state index contributed by atoms with van der Waals surface area (Å²) >= 11 is 1.67. The van der Waals surface area contributed by atoms with Crippen LogP contribution in [0.5, 0.6) is 0 Å². The maximum atomic E-state index is 12.7. The highest BCUT2D eigenvalue weighted by molar-refractivity contribution is 7.99. The van der Waals surface area contributed by atoms with Crippen molar-refractivity contribution in [3.05, 3.63) is 34.6 Å². The molecule has 2 aromatic rings. The molecular weight excluding hydrogens is 310 g/mol. The number of hydrogen-bond donors (Lipinski definition) is 1. The van der Waals surface area contributed by atoms with Crippen LogP contribution in [-0.2, 0) is 6.54 Å². The van der Waals surface area contributed by atoms with Gasteiger partial charge < -0.3 is 10.0 Å². The van der Waals surface area contributed by atoms with Crippen LogP contribution in [0, 0.1) is 5.92 Å². The highest BCUT2D eigenvalue weighted by Crippen LogP contribution is 2.25. The van der Waals surface area contributed by atoms with E-state index in [0.29, 0.717) is 24.3 Å². The van der Waals surface area contributed by atoms with E-state index in [2.05, 4.69) is 11.9 Å². The van der Waals surface area contributed by atoms with Crippen molar-refractivity contribution in [3.63, 3.8) is 0 Å². The number of aliphatic hydroxyl groups excluding tert-OH is 1. The van der Waals surface area contributed by atoms with Gasteiger partial charge in [0.25, 0.3) is 5.56 Å². The van der Waals surface area contributed by atoms with Gasteiger partial charge in [-0.2, -0.15) is 0 Å². The fourth-order valence-corrected chi connectivity index (χ4v) is 4.19. The van der Waals surface area contributed by atoms with E-state index in [1.165, 1.54) is 6.42 Å². The van der Waals surface area contributed by atoms with Crippen molar-refractivity contribution in [3.8, 4) is 0 Å². The monoisotopic (exact) mass is 333 g/mol. The van der Waals surface area contributed by atoms with E-state index < -0.39 is 0 Å². The number of hydrogen-bond acceptors (Lipinski definition) is 5. The fourth-order valence-electron chi connectivity index (χ4n) is 3.04. The van der Waals surface area contributed by atoms with Crippen molar-refractivity contribution in [1.82, 2.24) is 14.5 Å². The van der Waals surface area contributed by atoms with Crippen LogP contribution in [0.1, 0.15) is 12.8 Å². The van der Waals surface area contributed by atoms with Crippen LogP contribution in [-0.4, -0.2) is 52.1 Å². The van der Waals surface area contributed by atoms with Crippen molar-refractivity contribution >= 4 is 22.7 Å². The highest BCUT2D eigenvalue weighted by Gasteiger charge is 2.20. The molecule has 2 heterocycles. The molecule has 3 rings (SSSR count). The number of likely N-dealkylation sites (tertiary alicyclic amines) is 1. The van der Waals surface area contributed by atoms with Gasteiger partial charge in [0, 0.05) is 25.4 Å². The summed E-state index contributed by atoms with van der Waals surface area (Å²) in [7, 11) is 2.15. The van der Waals surface area contributed by atoms with Gasteiger partial charge in [0.1, 0.15) is 0 Å². The molecule has 1 unspecified atom stereocenters. The predicted octanol–water partition coefficient (Wildman–Crippen LogP) is 1.82. The smallest absolute Gasteiger partial charge is 0.262 e. The number of nitrogens with zero attached hydrogens (tertiary/aromatic N) is 3. The van der Waals surface area contributed by atoms with Crippen molar-refractivity contribution in [2.45, 2.75) is 24.5 Å². The third-order valence-electron chi connectivity index (χ3n) is 4.30. The van der Waals surface area contributed by atoms with Crippen LogP contribution >= 0.6 is 11.8 Å². The first kappa shape index (κ1) is 16.5. The maximum absolute atomic E-state index is 12.7. The Morgan fingerprint density at radius 3 is 2.96 bits per heavy atom. The van der Waals surface area contributed by atoms with E-state index in [-0.39, 0.29) is 12.2 Å². The maximum Gasteiger partial charge on any atom is 0.262 e. The molecule has 0 bridgehead atoms. The number of para-hydroxylation sites is 1. The Balaban J connectivity index is 1.88. The SMILES string of the molecule is CN1CCC(CSc2nc3ccccc3c(=O)n2CCCO)C1. The summed E-state index contributed by atoms with van der Waals surface area (Å²) in [5.41, 5.74) is 0.749. The molecule has 124 valence electrons. The molecule has 1 saturated heterocycles. The molecule has 1 aromatic heterocycles. The second-order valence-electron chi connectivity index (χ2n) is 6.17. The second-order valence-corrected chi connectivity index (χ2v) is 7.16. The first-order valence-corrected chi connectivity index (χ1v) is 9.09. The van der Waals surface area contributed by atoms with E-state index in [1.54, 1.807) is 16.3 Å². The van der Waals surface area contributed by atoms with Crippen LogP contribution < -0.4 is 5.56 Å². The van der Waals surface area contributed by atoms with Crippen molar-refractivity contribution < 1.29 is 5.11 Å². The van der Waals surface area contributed by atoms with Crippen molar-refractivity contribution in [2.75, 3.05) is 32.5 Å². The van der Waals surface area contributed by atoms with E-state index in [9.17, 15) is 4.79 Å². The molecule has 23 heavy (non-hydrogen) atoms. The van der Waals surface area contributed by atoms with Crippen LogP contribution in [0.2, 0.25) is 0 Å². The molecular formula is C17H23N3O2S. The Morgan fingerprint density at radius 1 is 1.39 bits per heavy atom. The topological polar surface area (TPSA) is 58.4 Å². The lowest BCUT2D eigenvalue weighted by Crippen LogP contribution is -2.24. The summed E-state index contributed by atoms with van der Waals surface area (Å²) < 4.78 is 1.72. The minimum Gasteiger partial charge on any atom is -0.396 e. The van der Waals surface area contributed by atoms with E-state index in [4.69, 9.17) is 10.1 Å². The average molecular weight is 333 g/mol. The molecule has 5 nitrogen and oxygen atoms in total. The molecule has 0 saturated carbocycles. The largest absolute Gasteiger partial charge is 0.396 e. The van der Waals surface area contributed by atoms with Gasteiger partial charge in [0.2, 0.25) is 0 Å². The molecule has 1 aliphatic heterocycles. The summed E-state index contributed by atoms with van der Waals surface area (Å²) in [5, 5.41) is 10.5. The zero-order valence-corrected chi connectivity index (χ0v) is 14.3. The zero-order valence-electron chi connectivity index (χ0n) is 13.4. The van der Waals surface area contributed by atoms with Crippen molar-refractivity contribution in [1.29, 1.82) is 0 Å². The minimum absolute atomic E-state index is 0.00455. The molecule has 1 atom stereocenters. The second kappa shape index (κ2) is 7.47. The Bertz CT molecular complexity index is 731. The number of aliphatic hydroxyl groups is 1. The standard InChI is InChI=1S/C17H23N3O2S/c1-19-9-7-13(11-19)12-23-17-18-15-6-3-2-5-14(15)16(22)20(17)8-4-10-21/h2-3,5-6,13,21H,4,7-12H2,1H3. The van der Waals surface area contributed by atoms with Gasteiger partial charge in [-0.1, -0.05) is 23.9 Å².